The molecule has 2 aromatic rings. The van der Waals surface area contributed by atoms with Gasteiger partial charge in [0, 0.05) is 24.2 Å². The molecule has 0 aliphatic heterocycles. The van der Waals surface area contributed by atoms with Crippen LogP contribution in [0.4, 0.5) is 0 Å². The Bertz CT molecular complexity index is 938. The third kappa shape index (κ3) is 5.67. The monoisotopic (exact) mass is 414 g/mol. The highest BCUT2D eigenvalue weighted by atomic mass is 32.2. The first-order valence-electron chi connectivity index (χ1n) is 10.3. The molecule has 0 aromatic heterocycles. The SMILES string of the molecule is CC(C)CCN(C(=O)c1cccc(S(=O)(=O)NC(C)c2ccccc2)c1)C1CC1. The maximum atomic E-state index is 13.1. The molecule has 2 aromatic carbocycles. The van der Waals surface area contributed by atoms with Crippen molar-refractivity contribution < 1.29 is 13.2 Å². The Labute approximate surface area is 174 Å². The fraction of sp³-hybridized carbons (Fsp3) is 0.435. The van der Waals surface area contributed by atoms with Gasteiger partial charge in [0.2, 0.25) is 10.0 Å². The van der Waals surface area contributed by atoms with Crippen LogP contribution in [-0.4, -0.2) is 31.8 Å². The van der Waals surface area contributed by atoms with E-state index in [0.29, 0.717) is 18.0 Å². The molecule has 1 aliphatic rings. The van der Waals surface area contributed by atoms with Gasteiger partial charge in [0.25, 0.3) is 5.91 Å². The van der Waals surface area contributed by atoms with Gasteiger partial charge in [-0.3, -0.25) is 4.79 Å². The summed E-state index contributed by atoms with van der Waals surface area (Å²) in [5.74, 6) is 0.431. The van der Waals surface area contributed by atoms with Crippen molar-refractivity contribution in [1.82, 2.24) is 9.62 Å². The number of nitrogens with one attached hydrogen (secondary N) is 1. The van der Waals surface area contributed by atoms with Crippen LogP contribution < -0.4 is 4.72 Å². The molecule has 0 saturated heterocycles. The molecule has 1 fully saturated rings. The van der Waals surface area contributed by atoms with Gasteiger partial charge in [-0.1, -0.05) is 50.2 Å². The smallest absolute Gasteiger partial charge is 0.254 e. The maximum Gasteiger partial charge on any atom is 0.254 e. The lowest BCUT2D eigenvalue weighted by atomic mass is 10.1. The summed E-state index contributed by atoms with van der Waals surface area (Å²) in [6.45, 7) is 6.80. The van der Waals surface area contributed by atoms with Gasteiger partial charge in [0.15, 0.2) is 0 Å². The first kappa shape index (κ1) is 21.5. The average molecular weight is 415 g/mol. The molecule has 1 atom stereocenters. The first-order valence-corrected chi connectivity index (χ1v) is 11.7. The van der Waals surface area contributed by atoms with E-state index in [-0.39, 0.29) is 22.9 Å². The zero-order chi connectivity index (χ0) is 21.0. The highest BCUT2D eigenvalue weighted by Crippen LogP contribution is 2.29. The lowest BCUT2D eigenvalue weighted by molar-refractivity contribution is 0.0735. The Balaban J connectivity index is 1.78. The van der Waals surface area contributed by atoms with E-state index in [1.165, 1.54) is 12.1 Å². The van der Waals surface area contributed by atoms with Gasteiger partial charge < -0.3 is 4.90 Å². The van der Waals surface area contributed by atoms with E-state index in [0.717, 1.165) is 24.8 Å². The molecule has 0 heterocycles. The predicted molar refractivity (Wildman–Crippen MR) is 115 cm³/mol. The molecule has 5 nitrogen and oxygen atoms in total. The molecule has 29 heavy (non-hydrogen) atoms. The second-order valence-electron chi connectivity index (χ2n) is 8.19. The number of amides is 1. The van der Waals surface area contributed by atoms with E-state index in [9.17, 15) is 13.2 Å². The molecule has 3 rings (SSSR count). The van der Waals surface area contributed by atoms with Gasteiger partial charge in [0.1, 0.15) is 0 Å². The van der Waals surface area contributed by atoms with E-state index >= 15 is 0 Å². The van der Waals surface area contributed by atoms with E-state index < -0.39 is 10.0 Å². The summed E-state index contributed by atoms with van der Waals surface area (Å²) in [5, 5.41) is 0. The van der Waals surface area contributed by atoms with E-state index in [2.05, 4.69) is 18.6 Å². The standard InChI is InChI=1S/C23H30N2O3S/c1-17(2)14-15-25(21-12-13-21)23(26)20-10-7-11-22(16-20)29(27,28)24-18(3)19-8-5-4-6-9-19/h4-11,16-18,21,24H,12-15H2,1-3H3. The average Bonchev–Trinajstić information content (AvgIpc) is 3.53. The van der Waals surface area contributed by atoms with Crippen molar-refractivity contribution in [3.05, 3.63) is 65.7 Å². The van der Waals surface area contributed by atoms with Gasteiger partial charge >= 0.3 is 0 Å². The minimum Gasteiger partial charge on any atom is -0.336 e. The Morgan fingerprint density at radius 1 is 1.07 bits per heavy atom. The molecule has 1 saturated carbocycles. The van der Waals surface area contributed by atoms with Gasteiger partial charge in [-0.15, -0.1) is 0 Å². The van der Waals surface area contributed by atoms with Crippen LogP contribution in [0.3, 0.4) is 0 Å². The molecule has 1 N–H and O–H groups in total. The number of hydrogen-bond acceptors (Lipinski definition) is 3. The van der Waals surface area contributed by atoms with Crippen molar-refractivity contribution in [3.63, 3.8) is 0 Å². The summed E-state index contributed by atoms with van der Waals surface area (Å²) in [6.07, 6.45) is 2.99. The summed E-state index contributed by atoms with van der Waals surface area (Å²) in [5.41, 5.74) is 1.31. The molecule has 0 bridgehead atoms. The van der Waals surface area contributed by atoms with Gasteiger partial charge in [0.05, 0.1) is 4.90 Å². The van der Waals surface area contributed by atoms with E-state index in [4.69, 9.17) is 0 Å². The summed E-state index contributed by atoms with van der Waals surface area (Å²) in [4.78, 5) is 15.1. The van der Waals surface area contributed by atoms with Crippen molar-refractivity contribution in [2.24, 2.45) is 5.92 Å². The molecular formula is C23H30N2O3S. The lowest BCUT2D eigenvalue weighted by Gasteiger charge is -2.24. The Kier molecular flexibility index (Phi) is 6.75. The van der Waals surface area contributed by atoms with Gasteiger partial charge in [-0.25, -0.2) is 13.1 Å². The summed E-state index contributed by atoms with van der Waals surface area (Å²) in [7, 11) is -3.74. The van der Waals surface area contributed by atoms with Crippen LogP contribution in [0, 0.1) is 5.92 Å². The van der Waals surface area contributed by atoms with Crippen molar-refractivity contribution >= 4 is 15.9 Å². The molecule has 1 unspecified atom stereocenters. The molecule has 1 aliphatic carbocycles. The predicted octanol–water partition coefficient (Wildman–Crippen LogP) is 4.38. The van der Waals surface area contributed by atoms with E-state index in [1.807, 2.05) is 42.2 Å². The second-order valence-corrected chi connectivity index (χ2v) is 9.91. The number of carbonyl (C=O) groups excluding carboxylic acids is 1. The first-order chi connectivity index (χ1) is 13.8. The zero-order valence-corrected chi connectivity index (χ0v) is 18.2. The summed E-state index contributed by atoms with van der Waals surface area (Å²) in [6, 6.07) is 15.7. The number of carbonyl (C=O) groups is 1. The second kappa shape index (κ2) is 9.09. The molecule has 1 amide bonds. The van der Waals surface area contributed by atoms with Crippen molar-refractivity contribution in [1.29, 1.82) is 0 Å². The quantitative estimate of drug-likeness (QED) is 0.662. The van der Waals surface area contributed by atoms with Crippen LogP contribution in [0.1, 0.15) is 62.0 Å². The van der Waals surface area contributed by atoms with E-state index in [1.54, 1.807) is 12.1 Å². The van der Waals surface area contributed by atoms with Crippen molar-refractivity contribution in [2.75, 3.05) is 6.54 Å². The zero-order valence-electron chi connectivity index (χ0n) is 17.3. The summed E-state index contributed by atoms with van der Waals surface area (Å²) >= 11 is 0. The normalized spacial score (nSPS) is 15.3. The number of sulfonamides is 1. The largest absolute Gasteiger partial charge is 0.336 e. The summed E-state index contributed by atoms with van der Waals surface area (Å²) < 4.78 is 28.5. The highest BCUT2D eigenvalue weighted by molar-refractivity contribution is 7.89. The third-order valence-corrected chi connectivity index (χ3v) is 6.76. The minimum absolute atomic E-state index is 0.0821. The number of nitrogens with zero attached hydrogens (tertiary/aromatic N) is 1. The molecule has 0 radical (unpaired) electrons. The Hall–Kier alpha value is -2.18. The van der Waals surface area contributed by atoms with Crippen LogP contribution in [0.25, 0.3) is 0 Å². The maximum absolute atomic E-state index is 13.1. The lowest BCUT2D eigenvalue weighted by Crippen LogP contribution is -2.35. The molecule has 6 heteroatoms. The highest BCUT2D eigenvalue weighted by Gasteiger charge is 2.33. The number of rotatable bonds is 9. The topological polar surface area (TPSA) is 66.5 Å². The van der Waals surface area contributed by atoms with Crippen LogP contribution in [-0.2, 0) is 10.0 Å². The fourth-order valence-corrected chi connectivity index (χ4v) is 4.58. The third-order valence-electron chi connectivity index (χ3n) is 5.22. The van der Waals surface area contributed by atoms with Crippen molar-refractivity contribution in [2.45, 2.75) is 57.0 Å². The minimum atomic E-state index is -3.74. The fourth-order valence-electron chi connectivity index (χ4n) is 3.31. The Morgan fingerprint density at radius 2 is 1.76 bits per heavy atom. The van der Waals surface area contributed by atoms with Crippen LogP contribution >= 0.6 is 0 Å². The number of benzene rings is 2. The molecule has 156 valence electrons. The molecule has 0 spiro atoms. The Morgan fingerprint density at radius 3 is 2.38 bits per heavy atom. The van der Waals surface area contributed by atoms with Crippen LogP contribution in [0.15, 0.2) is 59.5 Å². The van der Waals surface area contributed by atoms with Crippen LogP contribution in [0.2, 0.25) is 0 Å². The van der Waals surface area contributed by atoms with Crippen LogP contribution in [0.5, 0.6) is 0 Å². The van der Waals surface area contributed by atoms with Gasteiger partial charge in [-0.05, 0) is 55.9 Å². The van der Waals surface area contributed by atoms with Crippen molar-refractivity contribution in [3.8, 4) is 0 Å². The number of hydrogen-bond donors (Lipinski definition) is 1. The molecular weight excluding hydrogens is 384 g/mol. The van der Waals surface area contributed by atoms with Gasteiger partial charge in [-0.2, -0.15) is 0 Å².